The molecule has 6 nitrogen and oxygen atoms in total. The van der Waals surface area contributed by atoms with E-state index >= 15 is 0 Å². The predicted molar refractivity (Wildman–Crippen MR) is 113 cm³/mol. The van der Waals surface area contributed by atoms with E-state index in [9.17, 15) is 9.59 Å². The number of carbonyl (C=O) groups excluding carboxylic acids is 2. The number of rotatable bonds is 7. The van der Waals surface area contributed by atoms with Crippen LogP contribution in [0.3, 0.4) is 0 Å². The number of hydrogen-bond acceptors (Lipinski definition) is 6. The summed E-state index contributed by atoms with van der Waals surface area (Å²) >= 11 is 1.26. The van der Waals surface area contributed by atoms with Crippen molar-refractivity contribution < 1.29 is 23.8 Å². The van der Waals surface area contributed by atoms with Gasteiger partial charge in [0.2, 0.25) is 0 Å². The zero-order valence-electron chi connectivity index (χ0n) is 16.4. The monoisotopic (exact) mass is 411 g/mol. The second-order valence-electron chi connectivity index (χ2n) is 5.93. The van der Waals surface area contributed by atoms with Crippen LogP contribution in [-0.4, -0.2) is 32.7 Å². The average Bonchev–Trinajstić information content (AvgIpc) is 3.17. The van der Waals surface area contributed by atoms with E-state index in [2.05, 4.69) is 5.32 Å². The first-order chi connectivity index (χ1) is 14.1. The smallest absolute Gasteiger partial charge is 0.341 e. The number of ether oxygens (including phenoxy) is 3. The van der Waals surface area contributed by atoms with E-state index in [0.29, 0.717) is 27.6 Å². The van der Waals surface area contributed by atoms with Gasteiger partial charge in [-0.2, -0.15) is 0 Å². The molecule has 0 aliphatic heterocycles. The molecular formula is C22H21NO5S. The zero-order chi connectivity index (χ0) is 20.8. The van der Waals surface area contributed by atoms with Gasteiger partial charge in [-0.05, 0) is 24.6 Å². The fourth-order valence-corrected chi connectivity index (χ4v) is 3.88. The van der Waals surface area contributed by atoms with Gasteiger partial charge in [0.1, 0.15) is 27.6 Å². The van der Waals surface area contributed by atoms with Crippen molar-refractivity contribution in [1.82, 2.24) is 0 Å². The van der Waals surface area contributed by atoms with Crippen molar-refractivity contribution in [2.75, 3.05) is 26.1 Å². The maximum Gasteiger partial charge on any atom is 0.341 e. The lowest BCUT2D eigenvalue weighted by molar-refractivity contribution is 0.0529. The molecule has 0 aliphatic rings. The summed E-state index contributed by atoms with van der Waals surface area (Å²) in [5.41, 5.74) is 2.14. The third kappa shape index (κ3) is 4.25. The van der Waals surface area contributed by atoms with E-state index in [1.54, 1.807) is 25.1 Å². The lowest BCUT2D eigenvalue weighted by Crippen LogP contribution is -2.16. The Morgan fingerprint density at radius 3 is 2.17 bits per heavy atom. The molecule has 0 unspecified atom stereocenters. The molecule has 150 valence electrons. The van der Waals surface area contributed by atoms with Gasteiger partial charge in [0, 0.05) is 10.9 Å². The number of methoxy groups -OCH3 is 2. The van der Waals surface area contributed by atoms with Crippen LogP contribution in [0.4, 0.5) is 5.00 Å². The minimum Gasteiger partial charge on any atom is -0.496 e. The van der Waals surface area contributed by atoms with Gasteiger partial charge in [-0.15, -0.1) is 11.3 Å². The maximum atomic E-state index is 13.0. The normalized spacial score (nSPS) is 10.3. The molecule has 3 rings (SSSR count). The molecule has 0 saturated carbocycles. The Hall–Kier alpha value is -3.32. The molecule has 29 heavy (non-hydrogen) atoms. The average molecular weight is 411 g/mol. The van der Waals surface area contributed by atoms with Crippen molar-refractivity contribution >= 4 is 28.2 Å². The van der Waals surface area contributed by atoms with Gasteiger partial charge in [0.25, 0.3) is 5.91 Å². The summed E-state index contributed by atoms with van der Waals surface area (Å²) < 4.78 is 15.9. The molecule has 0 aliphatic carbocycles. The Labute approximate surface area is 173 Å². The van der Waals surface area contributed by atoms with Gasteiger partial charge in [-0.1, -0.05) is 36.4 Å². The maximum absolute atomic E-state index is 13.0. The summed E-state index contributed by atoms with van der Waals surface area (Å²) in [5.74, 6) is -0.181. The second kappa shape index (κ2) is 9.25. The molecule has 1 aromatic heterocycles. The van der Waals surface area contributed by atoms with E-state index in [4.69, 9.17) is 14.2 Å². The highest BCUT2D eigenvalue weighted by Gasteiger charge is 2.25. The molecule has 0 spiro atoms. The summed E-state index contributed by atoms with van der Waals surface area (Å²) in [4.78, 5) is 25.7. The number of anilines is 1. The van der Waals surface area contributed by atoms with Crippen LogP contribution in [0.5, 0.6) is 11.5 Å². The molecule has 1 N–H and O–H groups in total. The topological polar surface area (TPSA) is 73.9 Å². The quantitative estimate of drug-likeness (QED) is 0.562. The summed E-state index contributed by atoms with van der Waals surface area (Å²) in [5, 5.41) is 5.06. The van der Waals surface area contributed by atoms with E-state index in [1.807, 2.05) is 35.7 Å². The molecule has 0 radical (unpaired) electrons. The zero-order valence-corrected chi connectivity index (χ0v) is 17.2. The fraction of sp³-hybridized carbons (Fsp3) is 0.182. The van der Waals surface area contributed by atoms with Crippen LogP contribution < -0.4 is 14.8 Å². The van der Waals surface area contributed by atoms with Crippen molar-refractivity contribution in [3.05, 3.63) is 65.0 Å². The molecular weight excluding hydrogens is 390 g/mol. The first-order valence-corrected chi connectivity index (χ1v) is 9.85. The van der Waals surface area contributed by atoms with Crippen LogP contribution in [0.15, 0.2) is 53.9 Å². The summed E-state index contributed by atoms with van der Waals surface area (Å²) in [6.45, 7) is 1.97. The first kappa shape index (κ1) is 20.4. The number of hydrogen-bond donors (Lipinski definition) is 1. The van der Waals surface area contributed by atoms with Crippen LogP contribution >= 0.6 is 11.3 Å². The largest absolute Gasteiger partial charge is 0.496 e. The second-order valence-corrected chi connectivity index (χ2v) is 6.81. The highest BCUT2D eigenvalue weighted by Crippen LogP contribution is 2.37. The molecule has 2 aromatic carbocycles. The van der Waals surface area contributed by atoms with Crippen molar-refractivity contribution in [2.45, 2.75) is 6.92 Å². The van der Waals surface area contributed by atoms with E-state index in [1.165, 1.54) is 25.6 Å². The van der Waals surface area contributed by atoms with Crippen LogP contribution in [0, 0.1) is 0 Å². The highest BCUT2D eigenvalue weighted by molar-refractivity contribution is 7.15. The molecule has 1 heterocycles. The van der Waals surface area contributed by atoms with Crippen molar-refractivity contribution in [3.63, 3.8) is 0 Å². The molecule has 0 saturated heterocycles. The van der Waals surface area contributed by atoms with Crippen LogP contribution in [0.1, 0.15) is 27.6 Å². The standard InChI is InChI=1S/C22H21NO5S/c1-4-28-22(25)18-15(14-9-6-5-7-10-14)13-29-21(18)23-20(24)19-16(26-2)11-8-12-17(19)27-3/h5-13H,4H2,1-3H3,(H,23,24). The number of thiophene rings is 1. The van der Waals surface area contributed by atoms with Gasteiger partial charge in [0.15, 0.2) is 0 Å². The third-order valence-electron chi connectivity index (χ3n) is 4.24. The Morgan fingerprint density at radius 2 is 1.59 bits per heavy atom. The van der Waals surface area contributed by atoms with Gasteiger partial charge in [-0.25, -0.2) is 4.79 Å². The molecule has 0 fully saturated rings. The van der Waals surface area contributed by atoms with Crippen molar-refractivity contribution in [3.8, 4) is 22.6 Å². The summed E-state index contributed by atoms with van der Waals surface area (Å²) in [7, 11) is 2.96. The number of benzene rings is 2. The van der Waals surface area contributed by atoms with Crippen LogP contribution in [0.2, 0.25) is 0 Å². The van der Waals surface area contributed by atoms with Crippen molar-refractivity contribution in [2.24, 2.45) is 0 Å². The van der Waals surface area contributed by atoms with Gasteiger partial charge in [-0.3, -0.25) is 4.79 Å². The number of esters is 1. The third-order valence-corrected chi connectivity index (χ3v) is 5.13. The molecule has 0 bridgehead atoms. The number of nitrogens with one attached hydrogen (secondary N) is 1. The number of carbonyl (C=O) groups is 2. The van der Waals surface area contributed by atoms with Gasteiger partial charge in [0.05, 0.1) is 20.8 Å². The Kier molecular flexibility index (Phi) is 6.51. The Bertz CT molecular complexity index is 991. The van der Waals surface area contributed by atoms with Crippen molar-refractivity contribution in [1.29, 1.82) is 0 Å². The van der Waals surface area contributed by atoms with Gasteiger partial charge >= 0.3 is 5.97 Å². The Balaban J connectivity index is 2.03. The highest BCUT2D eigenvalue weighted by atomic mass is 32.1. The van der Waals surface area contributed by atoms with Crippen LogP contribution in [0.25, 0.3) is 11.1 Å². The predicted octanol–water partition coefficient (Wildman–Crippen LogP) is 4.86. The van der Waals surface area contributed by atoms with E-state index < -0.39 is 11.9 Å². The van der Waals surface area contributed by atoms with Crippen LogP contribution in [-0.2, 0) is 4.74 Å². The van der Waals surface area contributed by atoms with E-state index in [0.717, 1.165) is 5.56 Å². The first-order valence-electron chi connectivity index (χ1n) is 8.97. The molecule has 1 amide bonds. The minimum atomic E-state index is -0.491. The lowest BCUT2D eigenvalue weighted by atomic mass is 10.0. The number of amides is 1. The van der Waals surface area contributed by atoms with E-state index in [-0.39, 0.29) is 12.2 Å². The molecule has 7 heteroatoms. The fourth-order valence-electron chi connectivity index (χ4n) is 2.93. The molecule has 3 aromatic rings. The van der Waals surface area contributed by atoms with Gasteiger partial charge < -0.3 is 19.5 Å². The minimum absolute atomic E-state index is 0.233. The Morgan fingerprint density at radius 1 is 0.931 bits per heavy atom. The summed E-state index contributed by atoms with van der Waals surface area (Å²) in [6.07, 6.45) is 0. The summed E-state index contributed by atoms with van der Waals surface area (Å²) in [6, 6.07) is 14.6. The SMILES string of the molecule is CCOC(=O)c1c(-c2ccccc2)csc1NC(=O)c1c(OC)cccc1OC. The lowest BCUT2D eigenvalue weighted by Gasteiger charge is -2.13. The molecule has 0 atom stereocenters.